The largest absolute Gasteiger partial charge is 0.497 e. The van der Waals surface area contributed by atoms with Gasteiger partial charge >= 0.3 is 5.97 Å². The molecule has 0 atom stereocenters. The molecule has 1 heterocycles. The van der Waals surface area contributed by atoms with Gasteiger partial charge in [-0.2, -0.15) is 0 Å². The summed E-state index contributed by atoms with van der Waals surface area (Å²) in [7, 11) is 4.64. The predicted molar refractivity (Wildman–Crippen MR) is 114 cm³/mol. The van der Waals surface area contributed by atoms with Gasteiger partial charge in [0.2, 0.25) is 0 Å². The molecule has 0 fully saturated rings. The van der Waals surface area contributed by atoms with Gasteiger partial charge in [0, 0.05) is 13.1 Å². The lowest BCUT2D eigenvalue weighted by atomic mass is 10.2. The maximum atomic E-state index is 12.8. The van der Waals surface area contributed by atoms with Gasteiger partial charge in [-0.3, -0.25) is 14.3 Å². The monoisotopic (exact) mass is 425 g/mol. The van der Waals surface area contributed by atoms with E-state index in [9.17, 15) is 14.4 Å². The van der Waals surface area contributed by atoms with Crippen LogP contribution in [0, 0.1) is 6.92 Å². The highest BCUT2D eigenvalue weighted by atomic mass is 16.5. The molecule has 1 amide bonds. The van der Waals surface area contributed by atoms with E-state index in [2.05, 4.69) is 5.32 Å². The summed E-state index contributed by atoms with van der Waals surface area (Å²) in [5.74, 6) is -0.526. The molecular formula is C22H23N3O6. The standard InChI is InChI=1S/C22H23N3O6/c1-14-20(21(27)25(24(14)2)16-8-6-5-7-9-16)23-19(26)13-31-22(28)15-10-17(29-3)12-18(11-15)30-4/h5-12H,13H2,1-4H3,(H,23,26). The molecule has 0 aliphatic carbocycles. The van der Waals surface area contributed by atoms with Gasteiger partial charge in [0.1, 0.15) is 17.2 Å². The summed E-state index contributed by atoms with van der Waals surface area (Å²) in [6.45, 7) is 1.16. The fourth-order valence-electron chi connectivity index (χ4n) is 3.03. The van der Waals surface area contributed by atoms with Gasteiger partial charge in [0.15, 0.2) is 6.61 Å². The van der Waals surface area contributed by atoms with Gasteiger partial charge in [0.05, 0.1) is 31.2 Å². The van der Waals surface area contributed by atoms with E-state index in [1.807, 2.05) is 18.2 Å². The molecule has 31 heavy (non-hydrogen) atoms. The van der Waals surface area contributed by atoms with Gasteiger partial charge in [0.25, 0.3) is 11.5 Å². The lowest BCUT2D eigenvalue weighted by Gasteiger charge is -2.09. The highest BCUT2D eigenvalue weighted by Gasteiger charge is 2.19. The molecule has 9 heteroatoms. The lowest BCUT2D eigenvalue weighted by Crippen LogP contribution is -2.25. The maximum Gasteiger partial charge on any atom is 0.338 e. The van der Waals surface area contributed by atoms with Crippen molar-refractivity contribution in [3.8, 4) is 17.2 Å². The van der Waals surface area contributed by atoms with E-state index in [4.69, 9.17) is 14.2 Å². The Morgan fingerprint density at radius 1 is 1.00 bits per heavy atom. The van der Waals surface area contributed by atoms with Crippen LogP contribution in [0.3, 0.4) is 0 Å². The van der Waals surface area contributed by atoms with Gasteiger partial charge in [-0.15, -0.1) is 0 Å². The zero-order chi connectivity index (χ0) is 22.5. The Labute approximate surface area is 178 Å². The number of ether oxygens (including phenoxy) is 3. The fourth-order valence-corrected chi connectivity index (χ4v) is 3.03. The van der Waals surface area contributed by atoms with Crippen LogP contribution >= 0.6 is 0 Å². The van der Waals surface area contributed by atoms with E-state index in [0.29, 0.717) is 22.9 Å². The number of benzene rings is 2. The number of nitrogens with zero attached hydrogens (tertiary/aromatic N) is 2. The van der Waals surface area contributed by atoms with E-state index in [1.165, 1.54) is 31.0 Å². The molecule has 3 aromatic rings. The highest BCUT2D eigenvalue weighted by Crippen LogP contribution is 2.23. The van der Waals surface area contributed by atoms with Crippen molar-refractivity contribution in [2.75, 3.05) is 26.1 Å². The molecule has 162 valence electrons. The molecule has 0 radical (unpaired) electrons. The van der Waals surface area contributed by atoms with E-state index < -0.39 is 18.5 Å². The van der Waals surface area contributed by atoms with Crippen molar-refractivity contribution in [2.45, 2.75) is 6.92 Å². The first-order valence-electron chi connectivity index (χ1n) is 9.39. The highest BCUT2D eigenvalue weighted by molar-refractivity contribution is 5.96. The number of rotatable bonds is 7. The quantitative estimate of drug-likeness (QED) is 0.583. The third kappa shape index (κ3) is 4.61. The van der Waals surface area contributed by atoms with Crippen molar-refractivity contribution in [1.29, 1.82) is 0 Å². The zero-order valence-corrected chi connectivity index (χ0v) is 17.7. The molecule has 0 spiro atoms. The second-order valence-electron chi connectivity index (χ2n) is 6.66. The number of para-hydroxylation sites is 1. The van der Waals surface area contributed by atoms with Crippen LogP contribution < -0.4 is 20.3 Å². The molecule has 0 bridgehead atoms. The summed E-state index contributed by atoms with van der Waals surface area (Å²) >= 11 is 0. The Morgan fingerprint density at radius 3 is 2.19 bits per heavy atom. The summed E-state index contributed by atoms with van der Waals surface area (Å²) in [5.41, 5.74) is 1.13. The Morgan fingerprint density at radius 2 is 1.61 bits per heavy atom. The number of carbonyl (C=O) groups excluding carboxylic acids is 2. The van der Waals surface area contributed by atoms with Crippen LogP contribution in [0.25, 0.3) is 5.69 Å². The predicted octanol–water partition coefficient (Wildman–Crippen LogP) is 2.30. The molecule has 0 aliphatic rings. The molecule has 0 saturated carbocycles. The van der Waals surface area contributed by atoms with Crippen LogP contribution in [-0.4, -0.2) is 42.1 Å². The van der Waals surface area contributed by atoms with E-state index in [0.717, 1.165) is 0 Å². The average Bonchev–Trinajstić information content (AvgIpc) is 3.00. The van der Waals surface area contributed by atoms with Crippen LogP contribution in [0.15, 0.2) is 53.3 Å². The summed E-state index contributed by atoms with van der Waals surface area (Å²) in [6.07, 6.45) is 0. The molecule has 1 aromatic heterocycles. The van der Waals surface area contributed by atoms with Crippen molar-refractivity contribution in [2.24, 2.45) is 7.05 Å². The Kier molecular flexibility index (Phi) is 6.44. The lowest BCUT2D eigenvalue weighted by molar-refractivity contribution is -0.119. The second-order valence-corrected chi connectivity index (χ2v) is 6.66. The van der Waals surface area contributed by atoms with Crippen molar-refractivity contribution in [1.82, 2.24) is 9.36 Å². The third-order valence-electron chi connectivity index (χ3n) is 4.74. The average molecular weight is 425 g/mol. The number of methoxy groups -OCH3 is 2. The van der Waals surface area contributed by atoms with Gasteiger partial charge in [-0.05, 0) is 31.2 Å². The Balaban J connectivity index is 1.72. The van der Waals surface area contributed by atoms with Crippen molar-refractivity contribution >= 4 is 17.6 Å². The molecule has 9 nitrogen and oxygen atoms in total. The van der Waals surface area contributed by atoms with Crippen molar-refractivity contribution in [3.05, 3.63) is 70.1 Å². The number of esters is 1. The van der Waals surface area contributed by atoms with E-state index in [-0.39, 0.29) is 16.8 Å². The normalized spacial score (nSPS) is 10.5. The minimum Gasteiger partial charge on any atom is -0.497 e. The van der Waals surface area contributed by atoms with Gasteiger partial charge < -0.3 is 19.5 Å². The van der Waals surface area contributed by atoms with Gasteiger partial charge in [-0.25, -0.2) is 9.48 Å². The second kappa shape index (κ2) is 9.21. The molecule has 3 rings (SSSR count). The smallest absolute Gasteiger partial charge is 0.338 e. The van der Waals surface area contributed by atoms with Gasteiger partial charge in [-0.1, -0.05) is 18.2 Å². The number of amides is 1. The number of nitrogens with one attached hydrogen (secondary N) is 1. The SMILES string of the molecule is COc1cc(OC)cc(C(=O)OCC(=O)Nc2c(C)n(C)n(-c3ccccc3)c2=O)c1. The Bertz CT molecular complexity index is 1140. The van der Waals surface area contributed by atoms with Crippen LogP contribution in [0.4, 0.5) is 5.69 Å². The van der Waals surface area contributed by atoms with Crippen molar-refractivity contribution in [3.63, 3.8) is 0 Å². The molecule has 0 unspecified atom stereocenters. The first-order chi connectivity index (χ1) is 14.8. The summed E-state index contributed by atoms with van der Waals surface area (Å²) in [4.78, 5) is 37.5. The molecule has 2 aromatic carbocycles. The van der Waals surface area contributed by atoms with Crippen molar-refractivity contribution < 1.29 is 23.8 Å². The first kappa shape index (κ1) is 21.7. The number of hydrogen-bond acceptors (Lipinski definition) is 6. The maximum absolute atomic E-state index is 12.8. The van der Waals surface area contributed by atoms with Crippen LogP contribution in [0.1, 0.15) is 16.1 Å². The van der Waals surface area contributed by atoms with Crippen LogP contribution in [0.2, 0.25) is 0 Å². The number of hydrogen-bond donors (Lipinski definition) is 1. The first-order valence-corrected chi connectivity index (χ1v) is 9.39. The van der Waals surface area contributed by atoms with E-state index >= 15 is 0 Å². The zero-order valence-electron chi connectivity index (χ0n) is 17.7. The fraction of sp³-hybridized carbons (Fsp3) is 0.227. The van der Waals surface area contributed by atoms with Crippen LogP contribution in [0.5, 0.6) is 11.5 Å². The molecular weight excluding hydrogens is 402 g/mol. The topological polar surface area (TPSA) is 101 Å². The third-order valence-corrected chi connectivity index (χ3v) is 4.74. The summed E-state index contributed by atoms with van der Waals surface area (Å²) in [5, 5.41) is 2.54. The number of carbonyl (C=O) groups is 2. The molecule has 1 N–H and O–H groups in total. The summed E-state index contributed by atoms with van der Waals surface area (Å²) < 4.78 is 18.4. The van der Waals surface area contributed by atoms with E-state index in [1.54, 1.807) is 36.9 Å². The molecule has 0 aliphatic heterocycles. The molecule has 0 saturated heterocycles. The Hall–Kier alpha value is -4.01. The number of aromatic nitrogens is 2. The minimum absolute atomic E-state index is 0.121. The van der Waals surface area contributed by atoms with Crippen LogP contribution in [-0.2, 0) is 16.6 Å². The summed E-state index contributed by atoms with van der Waals surface area (Å²) in [6, 6.07) is 13.6. The minimum atomic E-state index is -0.723. The number of anilines is 1.